The molecule has 0 spiro atoms. The predicted octanol–water partition coefficient (Wildman–Crippen LogP) is 2.70. The van der Waals surface area contributed by atoms with E-state index in [0.717, 1.165) is 44.2 Å². The fraction of sp³-hybridized carbons (Fsp3) is 0.333. The summed E-state index contributed by atoms with van der Waals surface area (Å²) in [6, 6.07) is 6.12. The molecule has 0 radical (unpaired) electrons. The van der Waals surface area contributed by atoms with Gasteiger partial charge in [-0.15, -0.1) is 0 Å². The Kier molecular flexibility index (Phi) is 4.67. The lowest BCUT2D eigenvalue weighted by atomic mass is 10.1. The van der Waals surface area contributed by atoms with Gasteiger partial charge in [-0.2, -0.15) is 0 Å². The number of H-pyrrole nitrogens is 1. The Morgan fingerprint density at radius 3 is 2.92 bits per heavy atom. The molecule has 26 heavy (non-hydrogen) atoms. The third-order valence-corrected chi connectivity index (χ3v) is 4.84. The lowest BCUT2D eigenvalue weighted by molar-refractivity contribution is 0.0342. The van der Waals surface area contributed by atoms with Crippen molar-refractivity contribution in [2.45, 2.75) is 6.54 Å². The number of hydrogen-bond acceptors (Lipinski definition) is 6. The fourth-order valence-corrected chi connectivity index (χ4v) is 3.28. The van der Waals surface area contributed by atoms with Crippen LogP contribution in [-0.4, -0.2) is 53.3 Å². The lowest BCUT2D eigenvalue weighted by Crippen LogP contribution is -2.35. The van der Waals surface area contributed by atoms with Gasteiger partial charge < -0.3 is 20.2 Å². The summed E-state index contributed by atoms with van der Waals surface area (Å²) in [6.45, 7) is 4.28. The SMILES string of the molecule is COc1ccc(CN2CCOCC2)cc1-c1nc2ncc(Cl)c(N)c2[nH]1. The molecule has 0 atom stereocenters. The molecular weight excluding hydrogens is 354 g/mol. The number of benzene rings is 1. The number of aromatic nitrogens is 3. The van der Waals surface area contributed by atoms with E-state index in [0.29, 0.717) is 27.7 Å². The Balaban J connectivity index is 1.72. The molecule has 8 heteroatoms. The Morgan fingerprint density at radius 2 is 2.15 bits per heavy atom. The van der Waals surface area contributed by atoms with Crippen LogP contribution in [0.2, 0.25) is 5.02 Å². The number of nitrogens with one attached hydrogen (secondary N) is 1. The number of halogens is 1. The van der Waals surface area contributed by atoms with Crippen LogP contribution in [0.1, 0.15) is 5.56 Å². The van der Waals surface area contributed by atoms with Gasteiger partial charge in [0.2, 0.25) is 0 Å². The van der Waals surface area contributed by atoms with Crippen LogP contribution in [0.5, 0.6) is 5.75 Å². The molecule has 0 aliphatic carbocycles. The number of anilines is 1. The third kappa shape index (κ3) is 3.21. The summed E-state index contributed by atoms with van der Waals surface area (Å²) in [5, 5.41) is 0.403. The third-order valence-electron chi connectivity index (χ3n) is 4.54. The second-order valence-electron chi connectivity index (χ2n) is 6.23. The summed E-state index contributed by atoms with van der Waals surface area (Å²) in [4.78, 5) is 14.4. The van der Waals surface area contributed by atoms with Crippen LogP contribution < -0.4 is 10.5 Å². The normalized spacial score (nSPS) is 15.5. The molecule has 3 heterocycles. The number of morpholine rings is 1. The Bertz CT molecular complexity index is 937. The average Bonchev–Trinajstić information content (AvgIpc) is 3.10. The van der Waals surface area contributed by atoms with Crippen LogP contribution in [0.15, 0.2) is 24.4 Å². The van der Waals surface area contributed by atoms with E-state index in [1.165, 1.54) is 11.8 Å². The molecule has 1 fully saturated rings. The van der Waals surface area contributed by atoms with E-state index in [1.807, 2.05) is 6.07 Å². The minimum atomic E-state index is 0.403. The van der Waals surface area contributed by atoms with Crippen LogP contribution in [0.4, 0.5) is 5.69 Å². The van der Waals surface area contributed by atoms with Gasteiger partial charge in [-0.3, -0.25) is 4.90 Å². The quantitative estimate of drug-likeness (QED) is 0.730. The first kappa shape index (κ1) is 17.1. The molecule has 4 rings (SSSR count). The van der Waals surface area contributed by atoms with E-state index in [4.69, 9.17) is 26.8 Å². The zero-order valence-electron chi connectivity index (χ0n) is 14.5. The van der Waals surface area contributed by atoms with Crippen molar-refractivity contribution in [3.63, 3.8) is 0 Å². The molecule has 3 N–H and O–H groups in total. The topological polar surface area (TPSA) is 89.3 Å². The fourth-order valence-electron chi connectivity index (χ4n) is 3.14. The average molecular weight is 374 g/mol. The summed E-state index contributed by atoms with van der Waals surface area (Å²) in [7, 11) is 1.65. The van der Waals surface area contributed by atoms with Crippen molar-refractivity contribution < 1.29 is 9.47 Å². The number of aromatic amines is 1. The summed E-state index contributed by atoms with van der Waals surface area (Å²) < 4.78 is 10.9. The van der Waals surface area contributed by atoms with E-state index in [2.05, 4.69) is 32.0 Å². The number of nitrogen functional groups attached to an aromatic ring is 1. The van der Waals surface area contributed by atoms with Crippen molar-refractivity contribution in [2.24, 2.45) is 0 Å². The highest BCUT2D eigenvalue weighted by Crippen LogP contribution is 2.33. The number of hydrogen-bond donors (Lipinski definition) is 2. The summed E-state index contributed by atoms with van der Waals surface area (Å²) in [5.74, 6) is 1.39. The number of imidazole rings is 1. The van der Waals surface area contributed by atoms with E-state index < -0.39 is 0 Å². The molecule has 0 bridgehead atoms. The highest BCUT2D eigenvalue weighted by atomic mass is 35.5. The zero-order chi connectivity index (χ0) is 18.1. The molecule has 2 aromatic heterocycles. The first-order valence-corrected chi connectivity index (χ1v) is 8.80. The summed E-state index contributed by atoms with van der Waals surface area (Å²) in [5.41, 5.74) is 9.70. The zero-order valence-corrected chi connectivity index (χ0v) is 15.2. The number of fused-ring (bicyclic) bond motifs is 1. The second-order valence-corrected chi connectivity index (χ2v) is 6.63. The maximum absolute atomic E-state index is 6.06. The van der Waals surface area contributed by atoms with E-state index in [9.17, 15) is 0 Å². The molecule has 1 saturated heterocycles. The molecule has 0 saturated carbocycles. The maximum atomic E-state index is 6.06. The first-order valence-electron chi connectivity index (χ1n) is 8.43. The van der Waals surface area contributed by atoms with Gasteiger partial charge in [0.25, 0.3) is 0 Å². The molecule has 1 aromatic carbocycles. The number of methoxy groups -OCH3 is 1. The Labute approximate surface area is 156 Å². The molecule has 136 valence electrons. The van der Waals surface area contributed by atoms with Crippen LogP contribution in [0.3, 0.4) is 0 Å². The number of nitrogens with zero attached hydrogens (tertiary/aromatic N) is 3. The summed E-state index contributed by atoms with van der Waals surface area (Å²) in [6.07, 6.45) is 1.51. The van der Waals surface area contributed by atoms with Crippen molar-refractivity contribution in [3.05, 3.63) is 35.0 Å². The van der Waals surface area contributed by atoms with Crippen LogP contribution in [0, 0.1) is 0 Å². The van der Waals surface area contributed by atoms with Crippen molar-refractivity contribution in [1.82, 2.24) is 19.9 Å². The van der Waals surface area contributed by atoms with Crippen LogP contribution >= 0.6 is 11.6 Å². The van der Waals surface area contributed by atoms with Gasteiger partial charge in [0.15, 0.2) is 5.65 Å². The van der Waals surface area contributed by atoms with Crippen LogP contribution in [-0.2, 0) is 11.3 Å². The van der Waals surface area contributed by atoms with Crippen molar-refractivity contribution in [1.29, 1.82) is 0 Å². The molecular formula is C18H20ClN5O2. The minimum Gasteiger partial charge on any atom is -0.496 e. The highest BCUT2D eigenvalue weighted by Gasteiger charge is 2.16. The van der Waals surface area contributed by atoms with Crippen molar-refractivity contribution in [3.8, 4) is 17.1 Å². The molecule has 7 nitrogen and oxygen atoms in total. The largest absolute Gasteiger partial charge is 0.496 e. The van der Waals surface area contributed by atoms with Gasteiger partial charge in [-0.25, -0.2) is 9.97 Å². The van der Waals surface area contributed by atoms with E-state index in [1.54, 1.807) is 7.11 Å². The lowest BCUT2D eigenvalue weighted by Gasteiger charge is -2.26. The predicted molar refractivity (Wildman–Crippen MR) is 101 cm³/mol. The molecule has 1 aliphatic rings. The smallest absolute Gasteiger partial charge is 0.180 e. The van der Waals surface area contributed by atoms with E-state index >= 15 is 0 Å². The molecule has 0 amide bonds. The van der Waals surface area contributed by atoms with Gasteiger partial charge in [0.1, 0.15) is 17.1 Å². The van der Waals surface area contributed by atoms with Gasteiger partial charge in [-0.1, -0.05) is 17.7 Å². The Morgan fingerprint density at radius 1 is 1.35 bits per heavy atom. The highest BCUT2D eigenvalue weighted by molar-refractivity contribution is 6.34. The van der Waals surface area contributed by atoms with Gasteiger partial charge in [0, 0.05) is 19.6 Å². The molecule has 0 unspecified atom stereocenters. The van der Waals surface area contributed by atoms with Gasteiger partial charge in [-0.05, 0) is 17.7 Å². The van der Waals surface area contributed by atoms with Crippen LogP contribution in [0.25, 0.3) is 22.6 Å². The second kappa shape index (κ2) is 7.11. The molecule has 3 aromatic rings. The number of nitrogens with two attached hydrogens (primary N) is 1. The standard InChI is InChI=1S/C18H20ClN5O2/c1-25-14-3-2-11(10-24-4-6-26-7-5-24)8-12(14)17-22-16-15(20)13(19)9-21-18(16)23-17/h2-3,8-9H,4-7,10H2,1H3,(H3,20,21,22,23). The molecule has 1 aliphatic heterocycles. The summed E-state index contributed by atoms with van der Waals surface area (Å²) >= 11 is 6.06. The van der Waals surface area contributed by atoms with Gasteiger partial charge in [0.05, 0.1) is 42.8 Å². The number of ether oxygens (including phenoxy) is 2. The number of rotatable bonds is 4. The number of pyridine rings is 1. The van der Waals surface area contributed by atoms with E-state index in [-0.39, 0.29) is 0 Å². The monoisotopic (exact) mass is 373 g/mol. The van der Waals surface area contributed by atoms with Gasteiger partial charge >= 0.3 is 0 Å². The first-order chi connectivity index (χ1) is 12.7. The minimum absolute atomic E-state index is 0.403. The maximum Gasteiger partial charge on any atom is 0.180 e. The van der Waals surface area contributed by atoms with Crippen molar-refractivity contribution in [2.75, 3.05) is 39.1 Å². The van der Waals surface area contributed by atoms with Crippen molar-refractivity contribution >= 4 is 28.5 Å². The Hall–Kier alpha value is -2.35.